The molecule has 4 heterocycles. The van der Waals surface area contributed by atoms with Gasteiger partial charge in [0.05, 0.1) is 22.9 Å². The van der Waals surface area contributed by atoms with Crippen LogP contribution in [0.15, 0.2) is 65.3 Å². The van der Waals surface area contributed by atoms with Crippen LogP contribution in [0.4, 0.5) is 5.69 Å². The summed E-state index contributed by atoms with van der Waals surface area (Å²) in [5, 5.41) is 4.39. The van der Waals surface area contributed by atoms with E-state index in [2.05, 4.69) is 15.3 Å². The topological polar surface area (TPSA) is 97.2 Å². The Morgan fingerprint density at radius 1 is 1.03 bits per heavy atom. The molecule has 0 aliphatic carbocycles. The first kappa shape index (κ1) is 19.9. The van der Waals surface area contributed by atoms with Gasteiger partial charge in [0.15, 0.2) is 0 Å². The van der Waals surface area contributed by atoms with Crippen LogP contribution in [0.25, 0.3) is 16.9 Å². The minimum atomic E-state index is -3.66. The average molecular weight is 454 g/mol. The van der Waals surface area contributed by atoms with Gasteiger partial charge >= 0.3 is 0 Å². The van der Waals surface area contributed by atoms with Crippen molar-refractivity contribution in [1.29, 1.82) is 0 Å². The largest absolute Gasteiger partial charge is 0.320 e. The Hall–Kier alpha value is -3.08. The van der Waals surface area contributed by atoms with Crippen LogP contribution < -0.4 is 5.32 Å². The summed E-state index contributed by atoms with van der Waals surface area (Å²) in [7, 11) is -3.66. The van der Waals surface area contributed by atoms with E-state index in [0.717, 1.165) is 35.2 Å². The Balaban J connectivity index is 1.37. The van der Waals surface area contributed by atoms with E-state index in [4.69, 9.17) is 0 Å². The van der Waals surface area contributed by atoms with Crippen molar-refractivity contribution in [3.05, 3.63) is 65.2 Å². The van der Waals surface area contributed by atoms with Gasteiger partial charge in [-0.1, -0.05) is 12.1 Å². The number of pyridine rings is 1. The second kappa shape index (κ2) is 7.88. The van der Waals surface area contributed by atoms with E-state index in [1.807, 2.05) is 28.8 Å². The number of aromatic nitrogens is 3. The van der Waals surface area contributed by atoms with Crippen molar-refractivity contribution in [3.63, 3.8) is 0 Å². The van der Waals surface area contributed by atoms with Crippen LogP contribution in [0.5, 0.6) is 0 Å². The Morgan fingerprint density at radius 3 is 2.61 bits per heavy atom. The van der Waals surface area contributed by atoms with Crippen molar-refractivity contribution in [2.24, 2.45) is 0 Å². The minimum Gasteiger partial charge on any atom is -0.320 e. The Kier molecular flexibility index (Phi) is 5.05. The molecule has 1 N–H and O–H groups in total. The highest BCUT2D eigenvalue weighted by Gasteiger charge is 2.31. The molecule has 0 bridgehead atoms. The van der Waals surface area contributed by atoms with Gasteiger partial charge in [-0.15, -0.1) is 11.3 Å². The zero-order valence-electron chi connectivity index (χ0n) is 16.4. The number of nitrogens with zero attached hydrogens (tertiary/aromatic N) is 4. The quantitative estimate of drug-likeness (QED) is 0.499. The summed E-state index contributed by atoms with van der Waals surface area (Å²) in [6.45, 7) is 0.987. The molecule has 1 aliphatic heterocycles. The van der Waals surface area contributed by atoms with Crippen LogP contribution in [-0.2, 0) is 10.0 Å². The molecule has 158 valence electrons. The molecule has 31 heavy (non-hydrogen) atoms. The number of nitrogens with one attached hydrogen (secondary N) is 1. The maximum Gasteiger partial charge on any atom is 0.267 e. The summed E-state index contributed by atoms with van der Waals surface area (Å²) in [6, 6.07) is 12.8. The fraction of sp³-hybridized carbons (Fsp3) is 0.190. The monoisotopic (exact) mass is 453 g/mol. The van der Waals surface area contributed by atoms with Gasteiger partial charge in [0.2, 0.25) is 10.0 Å². The standard InChI is InChI=1S/C21H19N5O3S2/c27-21(20-18(9-12-30-20)31(28,29)25-10-3-4-11-25)24-15-7-8-19(22-13-15)26-14-23-16-5-1-2-6-17(16)26/h1-2,5-9,12-14H,3-4,10-11H2,(H,24,27). The second-order valence-corrected chi connectivity index (χ2v) is 10.0. The number of benzene rings is 1. The van der Waals surface area contributed by atoms with Gasteiger partial charge in [0.1, 0.15) is 21.9 Å². The molecule has 0 spiro atoms. The lowest BCUT2D eigenvalue weighted by Gasteiger charge is -2.15. The van der Waals surface area contributed by atoms with Gasteiger partial charge in [-0.2, -0.15) is 4.31 Å². The van der Waals surface area contributed by atoms with Crippen LogP contribution in [-0.4, -0.2) is 46.3 Å². The van der Waals surface area contributed by atoms with Gasteiger partial charge in [0.25, 0.3) is 5.91 Å². The number of rotatable bonds is 5. The highest BCUT2D eigenvalue weighted by molar-refractivity contribution is 7.89. The molecule has 3 aromatic heterocycles. The minimum absolute atomic E-state index is 0.0614. The predicted octanol–water partition coefficient (Wildman–Crippen LogP) is 3.52. The summed E-state index contributed by atoms with van der Waals surface area (Å²) < 4.78 is 29.1. The maximum atomic E-state index is 12.9. The zero-order valence-corrected chi connectivity index (χ0v) is 18.1. The van der Waals surface area contributed by atoms with Crippen molar-refractivity contribution in [3.8, 4) is 5.82 Å². The lowest BCUT2D eigenvalue weighted by Crippen LogP contribution is -2.29. The number of hydrogen-bond donors (Lipinski definition) is 1. The number of fused-ring (bicyclic) bond motifs is 1. The number of carbonyl (C=O) groups is 1. The van der Waals surface area contributed by atoms with Crippen LogP contribution in [0, 0.1) is 0 Å². The Morgan fingerprint density at radius 2 is 1.84 bits per heavy atom. The van der Waals surface area contributed by atoms with E-state index in [0.29, 0.717) is 24.6 Å². The first-order chi connectivity index (χ1) is 15.0. The summed E-state index contributed by atoms with van der Waals surface area (Å²) in [5.41, 5.74) is 2.28. The smallest absolute Gasteiger partial charge is 0.267 e. The molecular formula is C21H19N5O3S2. The van der Waals surface area contributed by atoms with E-state index in [9.17, 15) is 13.2 Å². The fourth-order valence-electron chi connectivity index (χ4n) is 3.67. The first-order valence-corrected chi connectivity index (χ1v) is 12.1. The zero-order chi connectivity index (χ0) is 21.4. The number of amides is 1. The highest BCUT2D eigenvalue weighted by atomic mass is 32.2. The number of imidazole rings is 1. The van der Waals surface area contributed by atoms with Crippen molar-refractivity contribution in [2.45, 2.75) is 17.7 Å². The molecule has 0 saturated carbocycles. The Bertz CT molecular complexity index is 1350. The van der Waals surface area contributed by atoms with Crippen LogP contribution in [0.2, 0.25) is 0 Å². The number of thiophene rings is 1. The summed E-state index contributed by atoms with van der Waals surface area (Å²) in [6.07, 6.45) is 4.93. The summed E-state index contributed by atoms with van der Waals surface area (Å²) >= 11 is 1.11. The molecule has 0 atom stereocenters. The third kappa shape index (κ3) is 3.62. The van der Waals surface area contributed by atoms with Crippen molar-refractivity contribution < 1.29 is 13.2 Å². The van der Waals surface area contributed by atoms with Crippen molar-refractivity contribution in [1.82, 2.24) is 18.8 Å². The molecule has 1 aromatic carbocycles. The molecule has 0 unspecified atom stereocenters. The first-order valence-electron chi connectivity index (χ1n) is 9.81. The van der Waals surface area contributed by atoms with Crippen molar-refractivity contribution in [2.75, 3.05) is 18.4 Å². The summed E-state index contributed by atoms with van der Waals surface area (Å²) in [5.74, 6) is 0.204. The lowest BCUT2D eigenvalue weighted by atomic mass is 10.3. The molecule has 1 saturated heterocycles. The molecule has 1 amide bonds. The molecular weight excluding hydrogens is 434 g/mol. The SMILES string of the molecule is O=C(Nc1ccc(-n2cnc3ccccc32)nc1)c1sccc1S(=O)(=O)N1CCCC1. The predicted molar refractivity (Wildman–Crippen MR) is 119 cm³/mol. The molecule has 4 aromatic rings. The second-order valence-electron chi connectivity index (χ2n) is 7.19. The van der Waals surface area contributed by atoms with Crippen LogP contribution in [0.1, 0.15) is 22.5 Å². The fourth-order valence-corrected chi connectivity index (χ4v) is 6.48. The van der Waals surface area contributed by atoms with Crippen molar-refractivity contribution >= 4 is 44.0 Å². The highest BCUT2D eigenvalue weighted by Crippen LogP contribution is 2.28. The molecule has 8 nitrogen and oxygen atoms in total. The average Bonchev–Trinajstić information content (AvgIpc) is 3.55. The van der Waals surface area contributed by atoms with Gasteiger partial charge in [0, 0.05) is 13.1 Å². The lowest BCUT2D eigenvalue weighted by molar-refractivity contribution is 0.102. The van der Waals surface area contributed by atoms with E-state index in [-0.39, 0.29) is 9.77 Å². The normalized spacial score (nSPS) is 14.8. The van der Waals surface area contributed by atoms with Gasteiger partial charge in [-0.25, -0.2) is 18.4 Å². The van der Waals surface area contributed by atoms with E-state index < -0.39 is 15.9 Å². The molecule has 1 aliphatic rings. The number of anilines is 1. The molecule has 0 radical (unpaired) electrons. The number of sulfonamides is 1. The Labute approximate surface area is 183 Å². The number of carbonyl (C=O) groups excluding carboxylic acids is 1. The third-order valence-electron chi connectivity index (χ3n) is 5.22. The van der Waals surface area contributed by atoms with Crippen LogP contribution >= 0.6 is 11.3 Å². The van der Waals surface area contributed by atoms with E-state index in [1.54, 1.807) is 30.0 Å². The third-order valence-corrected chi connectivity index (χ3v) is 8.21. The molecule has 1 fully saturated rings. The van der Waals surface area contributed by atoms with E-state index >= 15 is 0 Å². The number of hydrogen-bond acceptors (Lipinski definition) is 6. The van der Waals surface area contributed by atoms with Gasteiger partial charge in [-0.3, -0.25) is 9.36 Å². The molecule has 10 heteroatoms. The van der Waals surface area contributed by atoms with Crippen LogP contribution in [0.3, 0.4) is 0 Å². The number of para-hydroxylation sites is 2. The van der Waals surface area contributed by atoms with Gasteiger partial charge < -0.3 is 5.32 Å². The summed E-state index contributed by atoms with van der Waals surface area (Å²) in [4.78, 5) is 21.8. The van der Waals surface area contributed by atoms with E-state index in [1.165, 1.54) is 10.4 Å². The molecule has 5 rings (SSSR count). The van der Waals surface area contributed by atoms with Gasteiger partial charge in [-0.05, 0) is 48.6 Å². The maximum absolute atomic E-state index is 12.9.